The van der Waals surface area contributed by atoms with Gasteiger partial charge in [-0.2, -0.15) is 4.98 Å². The van der Waals surface area contributed by atoms with E-state index in [4.69, 9.17) is 4.74 Å². The Morgan fingerprint density at radius 3 is 2.67 bits per heavy atom. The maximum atomic E-state index is 4.99. The fourth-order valence-electron chi connectivity index (χ4n) is 1.41. The van der Waals surface area contributed by atoms with E-state index in [1.54, 1.807) is 7.11 Å². The Hall–Kier alpha value is -1.40. The Bertz CT molecular complexity index is 356. The van der Waals surface area contributed by atoms with Crippen LogP contribution in [0.25, 0.3) is 0 Å². The lowest BCUT2D eigenvalue weighted by molar-refractivity contribution is 0.210. The predicted octanol–water partition coefficient (Wildman–Crippen LogP) is 0.817. The molecule has 0 atom stereocenters. The summed E-state index contributed by atoms with van der Waals surface area (Å²) in [5.74, 6) is 1.49. The third-order valence-electron chi connectivity index (χ3n) is 2.31. The molecule has 18 heavy (non-hydrogen) atoms. The molecule has 1 rings (SSSR count). The van der Waals surface area contributed by atoms with Crippen molar-refractivity contribution in [2.45, 2.75) is 6.92 Å². The van der Waals surface area contributed by atoms with Crippen LogP contribution in [0.5, 0.6) is 0 Å². The summed E-state index contributed by atoms with van der Waals surface area (Å²) >= 11 is 0. The predicted molar refractivity (Wildman–Crippen MR) is 74.2 cm³/mol. The Morgan fingerprint density at radius 1 is 1.22 bits per heavy atom. The van der Waals surface area contributed by atoms with Crippen LogP contribution in [0.2, 0.25) is 0 Å². The van der Waals surface area contributed by atoms with Gasteiger partial charge in [0.05, 0.1) is 6.61 Å². The van der Waals surface area contributed by atoms with Gasteiger partial charge in [-0.25, -0.2) is 4.98 Å². The highest BCUT2D eigenvalue weighted by molar-refractivity contribution is 5.42. The summed E-state index contributed by atoms with van der Waals surface area (Å²) in [5.41, 5.74) is 0.942. The topological polar surface area (TPSA) is 62.3 Å². The number of ether oxygens (including phenoxy) is 1. The summed E-state index contributed by atoms with van der Waals surface area (Å²) in [6.07, 6.45) is 0. The van der Waals surface area contributed by atoms with E-state index in [-0.39, 0.29) is 0 Å². The standard InChI is InChI=1S/C12H23N5O/c1-10-9-11(13-6-8-18-4)16-12(15-10)14-5-7-17(2)3/h9H,5-8H2,1-4H3,(H2,13,14,15,16). The average Bonchev–Trinajstić information content (AvgIpc) is 2.28. The first-order chi connectivity index (χ1) is 8.61. The molecule has 0 aliphatic rings. The van der Waals surface area contributed by atoms with Gasteiger partial charge in [0.25, 0.3) is 0 Å². The molecule has 0 fully saturated rings. The monoisotopic (exact) mass is 253 g/mol. The molecule has 1 aromatic rings. The molecule has 0 aromatic carbocycles. The van der Waals surface area contributed by atoms with Crippen LogP contribution >= 0.6 is 0 Å². The van der Waals surface area contributed by atoms with Crippen LogP contribution in [-0.4, -0.2) is 62.3 Å². The summed E-state index contributed by atoms with van der Waals surface area (Å²) in [7, 11) is 5.76. The zero-order chi connectivity index (χ0) is 13.4. The second kappa shape index (κ2) is 7.84. The van der Waals surface area contributed by atoms with Crippen molar-refractivity contribution >= 4 is 11.8 Å². The highest BCUT2D eigenvalue weighted by atomic mass is 16.5. The molecule has 0 saturated carbocycles. The summed E-state index contributed by atoms with van der Waals surface area (Å²) < 4.78 is 4.99. The Balaban J connectivity index is 2.51. The molecule has 1 heterocycles. The van der Waals surface area contributed by atoms with Crippen molar-refractivity contribution in [2.75, 3.05) is 58.1 Å². The minimum absolute atomic E-state index is 0.659. The van der Waals surface area contributed by atoms with Gasteiger partial charge < -0.3 is 20.3 Å². The van der Waals surface area contributed by atoms with E-state index in [0.29, 0.717) is 12.6 Å². The number of nitrogens with zero attached hydrogens (tertiary/aromatic N) is 3. The molecular formula is C12H23N5O. The second-order valence-corrected chi connectivity index (χ2v) is 4.37. The molecular weight excluding hydrogens is 230 g/mol. The number of methoxy groups -OCH3 is 1. The van der Waals surface area contributed by atoms with E-state index in [0.717, 1.165) is 31.1 Å². The van der Waals surface area contributed by atoms with Crippen LogP contribution in [0.3, 0.4) is 0 Å². The molecule has 0 saturated heterocycles. The molecule has 0 amide bonds. The Labute approximate surface area is 109 Å². The van der Waals surface area contributed by atoms with Crippen molar-refractivity contribution in [3.05, 3.63) is 11.8 Å². The van der Waals surface area contributed by atoms with Crippen LogP contribution in [-0.2, 0) is 4.74 Å². The van der Waals surface area contributed by atoms with Gasteiger partial charge in [0.2, 0.25) is 5.95 Å². The van der Waals surface area contributed by atoms with Crippen molar-refractivity contribution in [1.82, 2.24) is 14.9 Å². The van der Waals surface area contributed by atoms with Crippen LogP contribution < -0.4 is 10.6 Å². The van der Waals surface area contributed by atoms with Gasteiger partial charge in [0.1, 0.15) is 5.82 Å². The number of aryl methyl sites for hydroxylation is 1. The number of anilines is 2. The van der Waals surface area contributed by atoms with Gasteiger partial charge in [-0.05, 0) is 21.0 Å². The summed E-state index contributed by atoms with van der Waals surface area (Å²) in [6.45, 7) is 5.13. The minimum Gasteiger partial charge on any atom is -0.383 e. The van der Waals surface area contributed by atoms with Gasteiger partial charge in [0, 0.05) is 38.5 Å². The normalized spacial score (nSPS) is 10.7. The summed E-state index contributed by atoms with van der Waals surface area (Å²) in [4.78, 5) is 10.9. The van der Waals surface area contributed by atoms with Gasteiger partial charge in [-0.15, -0.1) is 0 Å². The van der Waals surface area contributed by atoms with Crippen molar-refractivity contribution in [3.8, 4) is 0 Å². The number of hydrogen-bond donors (Lipinski definition) is 2. The van der Waals surface area contributed by atoms with E-state index >= 15 is 0 Å². The average molecular weight is 253 g/mol. The molecule has 0 unspecified atom stereocenters. The molecule has 2 N–H and O–H groups in total. The molecule has 102 valence electrons. The minimum atomic E-state index is 0.659. The Kier molecular flexibility index (Phi) is 6.38. The van der Waals surface area contributed by atoms with Gasteiger partial charge in [-0.1, -0.05) is 0 Å². The van der Waals surface area contributed by atoms with E-state index in [1.807, 2.05) is 27.1 Å². The molecule has 0 radical (unpaired) electrons. The number of rotatable bonds is 8. The van der Waals surface area contributed by atoms with Crippen LogP contribution in [0.15, 0.2) is 6.07 Å². The lowest BCUT2D eigenvalue weighted by Gasteiger charge is -2.12. The second-order valence-electron chi connectivity index (χ2n) is 4.37. The zero-order valence-electron chi connectivity index (χ0n) is 11.7. The molecule has 0 spiro atoms. The quantitative estimate of drug-likeness (QED) is 0.669. The maximum Gasteiger partial charge on any atom is 0.224 e. The largest absolute Gasteiger partial charge is 0.383 e. The Morgan fingerprint density at radius 2 is 2.00 bits per heavy atom. The first-order valence-corrected chi connectivity index (χ1v) is 6.09. The number of nitrogens with one attached hydrogen (secondary N) is 2. The van der Waals surface area contributed by atoms with Gasteiger partial charge >= 0.3 is 0 Å². The fourth-order valence-corrected chi connectivity index (χ4v) is 1.41. The molecule has 0 aliphatic carbocycles. The summed E-state index contributed by atoms with van der Waals surface area (Å²) in [6, 6.07) is 1.92. The highest BCUT2D eigenvalue weighted by Gasteiger charge is 2.01. The molecule has 6 nitrogen and oxygen atoms in total. The number of aromatic nitrogens is 2. The van der Waals surface area contributed by atoms with E-state index < -0.39 is 0 Å². The van der Waals surface area contributed by atoms with E-state index in [9.17, 15) is 0 Å². The van der Waals surface area contributed by atoms with Crippen molar-refractivity contribution in [3.63, 3.8) is 0 Å². The van der Waals surface area contributed by atoms with E-state index in [1.165, 1.54) is 0 Å². The maximum absolute atomic E-state index is 4.99. The zero-order valence-corrected chi connectivity index (χ0v) is 11.7. The number of hydrogen-bond acceptors (Lipinski definition) is 6. The van der Waals surface area contributed by atoms with Gasteiger partial charge in [-0.3, -0.25) is 0 Å². The first kappa shape index (κ1) is 14.7. The van der Waals surface area contributed by atoms with Crippen molar-refractivity contribution in [1.29, 1.82) is 0 Å². The van der Waals surface area contributed by atoms with Crippen LogP contribution in [0.1, 0.15) is 5.69 Å². The third kappa shape index (κ3) is 5.79. The summed E-state index contributed by atoms with van der Waals surface area (Å²) in [5, 5.41) is 6.41. The number of likely N-dealkylation sites (N-methyl/N-ethyl adjacent to an activating group) is 1. The lowest BCUT2D eigenvalue weighted by atomic mass is 10.4. The molecule has 0 bridgehead atoms. The third-order valence-corrected chi connectivity index (χ3v) is 2.31. The molecule has 0 aliphatic heterocycles. The highest BCUT2D eigenvalue weighted by Crippen LogP contribution is 2.08. The van der Waals surface area contributed by atoms with Crippen molar-refractivity contribution < 1.29 is 4.74 Å². The molecule has 1 aromatic heterocycles. The van der Waals surface area contributed by atoms with Gasteiger partial charge in [0.15, 0.2) is 0 Å². The van der Waals surface area contributed by atoms with Crippen molar-refractivity contribution in [2.24, 2.45) is 0 Å². The molecule has 6 heteroatoms. The fraction of sp³-hybridized carbons (Fsp3) is 0.667. The SMILES string of the molecule is COCCNc1cc(C)nc(NCCN(C)C)n1. The van der Waals surface area contributed by atoms with Crippen LogP contribution in [0, 0.1) is 6.92 Å². The lowest BCUT2D eigenvalue weighted by Crippen LogP contribution is -2.21. The first-order valence-electron chi connectivity index (χ1n) is 6.09. The van der Waals surface area contributed by atoms with E-state index in [2.05, 4.69) is 25.5 Å². The smallest absolute Gasteiger partial charge is 0.224 e. The van der Waals surface area contributed by atoms with Crippen LogP contribution in [0.4, 0.5) is 11.8 Å².